The van der Waals surface area contributed by atoms with E-state index in [1.165, 1.54) is 10.6 Å². The monoisotopic (exact) mass is 197 g/mol. The molecule has 0 spiro atoms. The van der Waals surface area contributed by atoms with Crippen molar-refractivity contribution in [2.45, 2.75) is 25.3 Å². The third-order valence-electron chi connectivity index (χ3n) is 2.75. The molecular formula is C10H12FNO2. The number of alkyl halides is 1. The fraction of sp³-hybridized carbons (Fsp3) is 0.500. The first-order chi connectivity index (χ1) is 6.59. The summed E-state index contributed by atoms with van der Waals surface area (Å²) in [4.78, 5) is 11.5. The van der Waals surface area contributed by atoms with Crippen LogP contribution in [0.3, 0.4) is 0 Å². The van der Waals surface area contributed by atoms with Crippen molar-refractivity contribution in [1.82, 2.24) is 4.57 Å². The van der Waals surface area contributed by atoms with Crippen molar-refractivity contribution in [3.63, 3.8) is 0 Å². The number of aromatic hydroxyl groups is 1. The molecule has 0 saturated heterocycles. The molecule has 0 unspecified atom stereocenters. The SMILES string of the molecule is Cc1cc(O)cc(=O)n1C1(CF)CC1. The van der Waals surface area contributed by atoms with Gasteiger partial charge in [-0.3, -0.25) is 4.79 Å². The van der Waals surface area contributed by atoms with E-state index in [9.17, 15) is 14.3 Å². The minimum absolute atomic E-state index is 0.0570. The molecule has 0 aliphatic heterocycles. The maximum atomic E-state index is 12.8. The Morgan fingerprint density at radius 3 is 2.64 bits per heavy atom. The Balaban J connectivity index is 2.59. The normalized spacial score (nSPS) is 18.1. The van der Waals surface area contributed by atoms with Gasteiger partial charge in [0.2, 0.25) is 0 Å². The molecule has 3 nitrogen and oxygen atoms in total. The highest BCUT2D eigenvalue weighted by molar-refractivity contribution is 5.24. The average Bonchev–Trinajstić information content (AvgIpc) is 2.83. The third-order valence-corrected chi connectivity index (χ3v) is 2.75. The highest BCUT2D eigenvalue weighted by Gasteiger charge is 2.46. The number of nitrogens with zero attached hydrogens (tertiary/aromatic N) is 1. The molecule has 1 heterocycles. The van der Waals surface area contributed by atoms with Crippen molar-refractivity contribution < 1.29 is 9.50 Å². The van der Waals surface area contributed by atoms with Gasteiger partial charge in [0.25, 0.3) is 5.56 Å². The Labute approximate surface area is 80.8 Å². The minimum Gasteiger partial charge on any atom is -0.508 e. The summed E-state index contributed by atoms with van der Waals surface area (Å²) < 4.78 is 14.2. The predicted molar refractivity (Wildman–Crippen MR) is 50.3 cm³/mol. The van der Waals surface area contributed by atoms with Gasteiger partial charge in [-0.25, -0.2) is 4.39 Å². The summed E-state index contributed by atoms with van der Waals surface area (Å²) in [5.74, 6) is -0.0570. The molecule has 14 heavy (non-hydrogen) atoms. The third kappa shape index (κ3) is 1.22. The Hall–Kier alpha value is -1.32. The lowest BCUT2D eigenvalue weighted by Gasteiger charge is -2.17. The van der Waals surface area contributed by atoms with Crippen molar-refractivity contribution in [2.75, 3.05) is 6.67 Å². The Kier molecular flexibility index (Phi) is 1.87. The largest absolute Gasteiger partial charge is 0.508 e. The van der Waals surface area contributed by atoms with Crippen molar-refractivity contribution in [3.05, 3.63) is 28.2 Å². The lowest BCUT2D eigenvalue weighted by molar-refractivity contribution is 0.324. The van der Waals surface area contributed by atoms with E-state index in [0.29, 0.717) is 18.5 Å². The summed E-state index contributed by atoms with van der Waals surface area (Å²) in [7, 11) is 0. The van der Waals surface area contributed by atoms with Crippen LogP contribution in [0, 0.1) is 6.92 Å². The van der Waals surface area contributed by atoms with Gasteiger partial charge in [-0.05, 0) is 25.8 Å². The van der Waals surface area contributed by atoms with Crippen molar-refractivity contribution in [1.29, 1.82) is 0 Å². The number of hydrogen-bond acceptors (Lipinski definition) is 2. The van der Waals surface area contributed by atoms with Crippen LogP contribution in [0.5, 0.6) is 5.75 Å². The standard InChI is InChI=1S/C10H12FNO2/c1-7-4-8(13)5-9(14)12(7)10(6-11)2-3-10/h4-5,13H,2-3,6H2,1H3. The molecule has 1 aromatic rings. The molecule has 2 rings (SSSR count). The number of hydrogen-bond donors (Lipinski definition) is 1. The van der Waals surface area contributed by atoms with E-state index in [-0.39, 0.29) is 11.3 Å². The molecule has 0 aromatic carbocycles. The van der Waals surface area contributed by atoms with Gasteiger partial charge in [0.15, 0.2) is 0 Å². The molecule has 1 N–H and O–H groups in total. The molecule has 1 aromatic heterocycles. The summed E-state index contributed by atoms with van der Waals surface area (Å²) in [6, 6.07) is 2.61. The zero-order chi connectivity index (χ0) is 10.3. The van der Waals surface area contributed by atoms with Crippen LogP contribution < -0.4 is 5.56 Å². The number of aryl methyl sites for hydroxylation is 1. The number of halogens is 1. The molecule has 0 amide bonds. The fourth-order valence-corrected chi connectivity index (χ4v) is 1.85. The van der Waals surface area contributed by atoms with Crippen LogP contribution in [0.15, 0.2) is 16.9 Å². The maximum absolute atomic E-state index is 12.8. The molecular weight excluding hydrogens is 185 g/mol. The number of aromatic nitrogens is 1. The van der Waals surface area contributed by atoms with Crippen LogP contribution in [0.2, 0.25) is 0 Å². The summed E-state index contributed by atoms with van der Waals surface area (Å²) in [5.41, 5.74) is -0.322. The van der Waals surface area contributed by atoms with E-state index in [4.69, 9.17) is 0 Å². The molecule has 76 valence electrons. The summed E-state index contributed by atoms with van der Waals surface area (Å²) in [6.45, 7) is 1.19. The van der Waals surface area contributed by atoms with Gasteiger partial charge in [-0.1, -0.05) is 0 Å². The number of pyridine rings is 1. The maximum Gasteiger partial charge on any atom is 0.255 e. The quantitative estimate of drug-likeness (QED) is 0.777. The highest BCUT2D eigenvalue weighted by atomic mass is 19.1. The first kappa shape index (κ1) is 9.24. The summed E-state index contributed by atoms with van der Waals surface area (Å²) in [6.07, 6.45) is 1.41. The van der Waals surface area contributed by atoms with Gasteiger partial charge in [0, 0.05) is 11.8 Å². The van der Waals surface area contributed by atoms with E-state index in [1.807, 2.05) is 0 Å². The molecule has 1 aliphatic carbocycles. The molecule has 1 aliphatic rings. The lowest BCUT2D eigenvalue weighted by Crippen LogP contribution is -2.32. The second-order valence-electron chi connectivity index (χ2n) is 3.89. The van der Waals surface area contributed by atoms with Crippen LogP contribution >= 0.6 is 0 Å². The number of rotatable bonds is 2. The van der Waals surface area contributed by atoms with Crippen molar-refractivity contribution in [3.8, 4) is 5.75 Å². The van der Waals surface area contributed by atoms with Gasteiger partial charge < -0.3 is 9.67 Å². The van der Waals surface area contributed by atoms with Gasteiger partial charge >= 0.3 is 0 Å². The fourth-order valence-electron chi connectivity index (χ4n) is 1.85. The van der Waals surface area contributed by atoms with Crippen LogP contribution in [-0.4, -0.2) is 16.3 Å². The zero-order valence-electron chi connectivity index (χ0n) is 7.96. The Morgan fingerprint density at radius 1 is 1.57 bits per heavy atom. The van der Waals surface area contributed by atoms with Crippen molar-refractivity contribution >= 4 is 0 Å². The van der Waals surface area contributed by atoms with Gasteiger partial charge in [-0.2, -0.15) is 0 Å². The summed E-state index contributed by atoms with van der Waals surface area (Å²) >= 11 is 0. The molecule has 0 radical (unpaired) electrons. The van der Waals surface area contributed by atoms with Crippen LogP contribution in [0.4, 0.5) is 4.39 Å². The summed E-state index contributed by atoms with van der Waals surface area (Å²) in [5, 5.41) is 9.17. The first-order valence-electron chi connectivity index (χ1n) is 4.58. The van der Waals surface area contributed by atoms with E-state index in [1.54, 1.807) is 6.92 Å². The average molecular weight is 197 g/mol. The lowest BCUT2D eigenvalue weighted by atomic mass is 10.2. The predicted octanol–water partition coefficient (Wildman–Crippen LogP) is 1.32. The second-order valence-corrected chi connectivity index (χ2v) is 3.89. The smallest absolute Gasteiger partial charge is 0.255 e. The topological polar surface area (TPSA) is 42.2 Å². The minimum atomic E-state index is -0.616. The molecule has 0 atom stereocenters. The van der Waals surface area contributed by atoms with E-state index >= 15 is 0 Å². The van der Waals surface area contributed by atoms with Gasteiger partial charge in [0.1, 0.15) is 12.4 Å². The molecule has 1 fully saturated rings. The Morgan fingerprint density at radius 2 is 2.21 bits per heavy atom. The van der Waals surface area contributed by atoms with Gasteiger partial charge in [-0.15, -0.1) is 0 Å². The van der Waals surface area contributed by atoms with E-state index < -0.39 is 12.2 Å². The van der Waals surface area contributed by atoms with Crippen LogP contribution in [0.1, 0.15) is 18.5 Å². The zero-order valence-corrected chi connectivity index (χ0v) is 7.96. The van der Waals surface area contributed by atoms with Crippen LogP contribution in [-0.2, 0) is 5.54 Å². The van der Waals surface area contributed by atoms with Gasteiger partial charge in [0.05, 0.1) is 5.54 Å². The highest BCUT2D eigenvalue weighted by Crippen LogP contribution is 2.43. The Bertz CT molecular complexity index is 421. The molecule has 1 saturated carbocycles. The van der Waals surface area contributed by atoms with E-state index in [2.05, 4.69) is 0 Å². The molecule has 4 heteroatoms. The van der Waals surface area contributed by atoms with Crippen LogP contribution in [0.25, 0.3) is 0 Å². The van der Waals surface area contributed by atoms with E-state index in [0.717, 1.165) is 6.07 Å². The molecule has 0 bridgehead atoms. The van der Waals surface area contributed by atoms with Crippen molar-refractivity contribution in [2.24, 2.45) is 0 Å². The first-order valence-corrected chi connectivity index (χ1v) is 4.58. The second kappa shape index (κ2) is 2.83.